The average Bonchev–Trinajstić information content (AvgIpc) is 2.65. The van der Waals surface area contributed by atoms with Crippen molar-refractivity contribution in [2.24, 2.45) is 0 Å². The second-order valence-electron chi connectivity index (χ2n) is 6.29. The first-order valence-corrected chi connectivity index (χ1v) is 9.70. The van der Waals surface area contributed by atoms with Gasteiger partial charge in [-0.15, -0.1) is 0 Å². The molecule has 0 fully saturated rings. The lowest BCUT2D eigenvalue weighted by atomic mass is 10.1. The fourth-order valence-electron chi connectivity index (χ4n) is 2.61. The van der Waals surface area contributed by atoms with Gasteiger partial charge < -0.3 is 25.2 Å². The zero-order chi connectivity index (χ0) is 19.5. The minimum Gasteiger partial charge on any atom is -0.490 e. The first-order valence-electron chi connectivity index (χ1n) is 9.32. The first-order chi connectivity index (χ1) is 13.1. The molecule has 0 saturated carbocycles. The number of ether oxygens (including phenoxy) is 2. The van der Waals surface area contributed by atoms with Crippen LogP contribution in [0.2, 0.25) is 5.02 Å². The molecule has 148 valence electrons. The number of rotatable bonds is 12. The van der Waals surface area contributed by atoms with E-state index >= 15 is 0 Å². The van der Waals surface area contributed by atoms with Crippen LogP contribution in [0.4, 0.5) is 0 Å². The number of hydrogen-bond acceptors (Lipinski definition) is 5. The highest BCUT2D eigenvalue weighted by Gasteiger charge is 2.12. The monoisotopic (exact) mass is 392 g/mol. The van der Waals surface area contributed by atoms with E-state index in [4.69, 9.17) is 21.1 Å². The molecule has 0 spiro atoms. The number of nitrogens with one attached hydrogen (secondary N) is 2. The van der Waals surface area contributed by atoms with Crippen molar-refractivity contribution in [1.82, 2.24) is 10.6 Å². The van der Waals surface area contributed by atoms with Gasteiger partial charge >= 0.3 is 0 Å². The van der Waals surface area contributed by atoms with Crippen LogP contribution in [-0.4, -0.2) is 37.5 Å². The van der Waals surface area contributed by atoms with E-state index in [1.165, 1.54) is 0 Å². The molecule has 2 aromatic rings. The van der Waals surface area contributed by atoms with E-state index in [9.17, 15) is 5.11 Å². The maximum atomic E-state index is 9.25. The Bertz CT molecular complexity index is 695. The summed E-state index contributed by atoms with van der Waals surface area (Å²) >= 11 is 6.24. The smallest absolute Gasteiger partial charge is 0.166 e. The molecule has 2 rings (SSSR count). The lowest BCUT2D eigenvalue weighted by Crippen LogP contribution is -2.31. The van der Waals surface area contributed by atoms with E-state index in [2.05, 4.69) is 10.6 Å². The molecule has 6 heteroatoms. The van der Waals surface area contributed by atoms with Gasteiger partial charge in [-0.3, -0.25) is 0 Å². The number of hydrogen-bond donors (Lipinski definition) is 3. The SMILES string of the molecule is CCOc1cccc(CNCCNCC(C)O)c1OCc1ccccc1Cl. The summed E-state index contributed by atoms with van der Waals surface area (Å²) in [6.07, 6.45) is -0.335. The third-order valence-electron chi connectivity index (χ3n) is 3.92. The van der Waals surface area contributed by atoms with Gasteiger partial charge in [0.05, 0.1) is 12.7 Å². The molecule has 0 aromatic heterocycles. The van der Waals surface area contributed by atoms with E-state index in [-0.39, 0.29) is 6.10 Å². The quantitative estimate of drug-likeness (QED) is 0.483. The van der Waals surface area contributed by atoms with Crippen molar-refractivity contribution in [3.63, 3.8) is 0 Å². The summed E-state index contributed by atoms with van der Waals surface area (Å²) in [5, 5.41) is 16.5. The van der Waals surface area contributed by atoms with Gasteiger partial charge in [0.2, 0.25) is 0 Å². The van der Waals surface area contributed by atoms with Crippen molar-refractivity contribution in [3.05, 3.63) is 58.6 Å². The molecular weight excluding hydrogens is 364 g/mol. The number of para-hydroxylation sites is 1. The third-order valence-corrected chi connectivity index (χ3v) is 4.29. The molecule has 5 nitrogen and oxygen atoms in total. The van der Waals surface area contributed by atoms with E-state index in [0.29, 0.717) is 31.3 Å². The Morgan fingerprint density at radius 3 is 2.48 bits per heavy atom. The van der Waals surface area contributed by atoms with Crippen LogP contribution in [0.1, 0.15) is 25.0 Å². The van der Waals surface area contributed by atoms with Crippen LogP contribution in [0.5, 0.6) is 11.5 Å². The van der Waals surface area contributed by atoms with Crippen LogP contribution < -0.4 is 20.1 Å². The molecule has 0 amide bonds. The van der Waals surface area contributed by atoms with Crippen molar-refractivity contribution in [2.45, 2.75) is 33.1 Å². The maximum absolute atomic E-state index is 9.25. The standard InChI is InChI=1S/C21H29ClN2O3/c1-3-26-20-10-6-8-17(14-24-12-11-23-13-16(2)25)21(20)27-15-18-7-4-5-9-19(18)22/h4-10,16,23-25H,3,11-15H2,1-2H3. The Kier molecular flexibility index (Phi) is 9.42. The van der Waals surface area contributed by atoms with Crippen LogP contribution in [-0.2, 0) is 13.2 Å². The second kappa shape index (κ2) is 11.8. The summed E-state index contributed by atoms with van der Waals surface area (Å²) in [4.78, 5) is 0. The van der Waals surface area contributed by atoms with Gasteiger partial charge in [0, 0.05) is 42.3 Å². The van der Waals surface area contributed by atoms with E-state index < -0.39 is 0 Å². The van der Waals surface area contributed by atoms with Crippen molar-refractivity contribution in [3.8, 4) is 11.5 Å². The summed E-state index contributed by atoms with van der Waals surface area (Å²) in [7, 11) is 0. The molecule has 0 aliphatic carbocycles. The fourth-order valence-corrected chi connectivity index (χ4v) is 2.80. The Hall–Kier alpha value is -1.79. The van der Waals surface area contributed by atoms with Crippen molar-refractivity contribution < 1.29 is 14.6 Å². The van der Waals surface area contributed by atoms with Crippen LogP contribution in [0.3, 0.4) is 0 Å². The Morgan fingerprint density at radius 1 is 1.00 bits per heavy atom. The van der Waals surface area contributed by atoms with Crippen LogP contribution in [0.15, 0.2) is 42.5 Å². The molecule has 27 heavy (non-hydrogen) atoms. The maximum Gasteiger partial charge on any atom is 0.166 e. The molecule has 1 unspecified atom stereocenters. The zero-order valence-electron chi connectivity index (χ0n) is 16.0. The van der Waals surface area contributed by atoms with Crippen molar-refractivity contribution in [1.29, 1.82) is 0 Å². The van der Waals surface area contributed by atoms with Gasteiger partial charge in [0.15, 0.2) is 11.5 Å². The summed E-state index contributed by atoms with van der Waals surface area (Å²) in [5.41, 5.74) is 1.97. The second-order valence-corrected chi connectivity index (χ2v) is 6.69. The summed E-state index contributed by atoms with van der Waals surface area (Å²) in [5.74, 6) is 1.47. The van der Waals surface area contributed by atoms with Crippen molar-refractivity contribution in [2.75, 3.05) is 26.2 Å². The molecule has 0 bridgehead atoms. The lowest BCUT2D eigenvalue weighted by molar-refractivity contribution is 0.191. The highest BCUT2D eigenvalue weighted by molar-refractivity contribution is 6.31. The van der Waals surface area contributed by atoms with Gasteiger partial charge in [-0.1, -0.05) is 41.9 Å². The van der Waals surface area contributed by atoms with Gasteiger partial charge in [-0.25, -0.2) is 0 Å². The van der Waals surface area contributed by atoms with E-state index in [1.54, 1.807) is 6.92 Å². The normalized spacial score (nSPS) is 12.0. The molecule has 0 radical (unpaired) electrons. The highest BCUT2D eigenvalue weighted by Crippen LogP contribution is 2.32. The number of halogens is 1. The largest absolute Gasteiger partial charge is 0.490 e. The molecule has 0 saturated heterocycles. The zero-order valence-corrected chi connectivity index (χ0v) is 16.8. The highest BCUT2D eigenvalue weighted by atomic mass is 35.5. The average molecular weight is 393 g/mol. The lowest BCUT2D eigenvalue weighted by Gasteiger charge is -2.17. The number of benzene rings is 2. The third kappa shape index (κ3) is 7.39. The molecule has 0 heterocycles. The van der Waals surface area contributed by atoms with E-state index in [1.807, 2.05) is 49.4 Å². The Balaban J connectivity index is 1.99. The molecular formula is C21H29ClN2O3. The number of aliphatic hydroxyl groups is 1. The van der Waals surface area contributed by atoms with Crippen LogP contribution in [0.25, 0.3) is 0 Å². The topological polar surface area (TPSA) is 62.8 Å². The summed E-state index contributed by atoms with van der Waals surface area (Å²) < 4.78 is 11.8. The first kappa shape index (κ1) is 21.5. The predicted molar refractivity (Wildman–Crippen MR) is 110 cm³/mol. The molecule has 0 aliphatic rings. The van der Waals surface area contributed by atoms with Crippen molar-refractivity contribution >= 4 is 11.6 Å². The Labute approximate surface area is 166 Å². The van der Waals surface area contributed by atoms with Gasteiger partial charge in [-0.05, 0) is 26.0 Å². The minimum absolute atomic E-state index is 0.335. The summed E-state index contributed by atoms with van der Waals surface area (Å²) in [6.45, 7) is 7.50. The fraction of sp³-hybridized carbons (Fsp3) is 0.429. The van der Waals surface area contributed by atoms with Crippen LogP contribution in [0, 0.1) is 0 Å². The molecule has 0 aliphatic heterocycles. The molecule has 3 N–H and O–H groups in total. The van der Waals surface area contributed by atoms with Crippen LogP contribution >= 0.6 is 11.6 Å². The van der Waals surface area contributed by atoms with Gasteiger partial charge in [0.25, 0.3) is 0 Å². The van der Waals surface area contributed by atoms with Gasteiger partial charge in [-0.2, -0.15) is 0 Å². The van der Waals surface area contributed by atoms with E-state index in [0.717, 1.165) is 35.7 Å². The summed E-state index contributed by atoms with van der Waals surface area (Å²) in [6, 6.07) is 13.6. The Morgan fingerprint density at radius 2 is 1.74 bits per heavy atom. The number of aliphatic hydroxyl groups excluding tert-OH is 1. The molecule has 2 aromatic carbocycles. The predicted octanol–water partition coefficient (Wildman–Crippen LogP) is 3.38. The minimum atomic E-state index is -0.335. The molecule has 1 atom stereocenters. The van der Waals surface area contributed by atoms with Gasteiger partial charge in [0.1, 0.15) is 6.61 Å².